The summed E-state index contributed by atoms with van der Waals surface area (Å²) in [7, 11) is 1.69. The Morgan fingerprint density at radius 2 is 1.92 bits per heavy atom. The normalized spacial score (nSPS) is 13.2. The Balaban J connectivity index is 2.97. The molecule has 0 saturated carbocycles. The molecule has 12 heavy (non-hydrogen) atoms. The van der Waals surface area contributed by atoms with Gasteiger partial charge in [-0.3, -0.25) is 0 Å². The van der Waals surface area contributed by atoms with E-state index in [1.165, 1.54) is 6.42 Å². The van der Waals surface area contributed by atoms with Crippen molar-refractivity contribution in [3.63, 3.8) is 0 Å². The summed E-state index contributed by atoms with van der Waals surface area (Å²) in [5.74, 6) is 0.756. The third-order valence-electron chi connectivity index (χ3n) is 1.79. The SMILES string of the molecule is COCCOCCC(C)CCBr. The first-order chi connectivity index (χ1) is 5.81. The van der Waals surface area contributed by atoms with Crippen molar-refractivity contribution in [3.8, 4) is 0 Å². The first-order valence-corrected chi connectivity index (χ1v) is 5.56. The van der Waals surface area contributed by atoms with Crippen molar-refractivity contribution in [2.75, 3.05) is 32.3 Å². The monoisotopic (exact) mass is 238 g/mol. The molecule has 0 radical (unpaired) electrons. The van der Waals surface area contributed by atoms with Crippen LogP contribution >= 0.6 is 15.9 Å². The predicted octanol–water partition coefficient (Wildman–Crippen LogP) is 2.46. The Morgan fingerprint density at radius 3 is 2.50 bits per heavy atom. The molecule has 0 fully saturated rings. The second kappa shape index (κ2) is 9.49. The average molecular weight is 239 g/mol. The van der Waals surface area contributed by atoms with Crippen LogP contribution in [0.4, 0.5) is 0 Å². The van der Waals surface area contributed by atoms with Gasteiger partial charge in [-0.2, -0.15) is 0 Å². The van der Waals surface area contributed by atoms with Crippen LogP contribution in [0.2, 0.25) is 0 Å². The third-order valence-corrected chi connectivity index (χ3v) is 2.25. The molecule has 0 heterocycles. The van der Waals surface area contributed by atoms with E-state index < -0.39 is 0 Å². The fraction of sp³-hybridized carbons (Fsp3) is 1.00. The van der Waals surface area contributed by atoms with Gasteiger partial charge in [0.15, 0.2) is 0 Å². The first kappa shape index (κ1) is 12.4. The minimum absolute atomic E-state index is 0.701. The van der Waals surface area contributed by atoms with E-state index >= 15 is 0 Å². The maximum Gasteiger partial charge on any atom is 0.0700 e. The molecule has 0 rings (SSSR count). The number of alkyl halides is 1. The summed E-state index contributed by atoms with van der Waals surface area (Å²) in [6.45, 7) is 4.53. The van der Waals surface area contributed by atoms with Gasteiger partial charge >= 0.3 is 0 Å². The van der Waals surface area contributed by atoms with Gasteiger partial charge in [-0.15, -0.1) is 0 Å². The minimum atomic E-state index is 0.701. The highest BCUT2D eigenvalue weighted by atomic mass is 79.9. The topological polar surface area (TPSA) is 18.5 Å². The molecule has 2 nitrogen and oxygen atoms in total. The second-order valence-electron chi connectivity index (χ2n) is 2.98. The van der Waals surface area contributed by atoms with Gasteiger partial charge in [0.25, 0.3) is 0 Å². The van der Waals surface area contributed by atoms with Gasteiger partial charge in [0.05, 0.1) is 13.2 Å². The molecule has 1 unspecified atom stereocenters. The van der Waals surface area contributed by atoms with E-state index in [0.717, 1.165) is 30.9 Å². The molecule has 3 heteroatoms. The number of ether oxygens (including phenoxy) is 2. The average Bonchev–Trinajstić information content (AvgIpc) is 2.05. The highest BCUT2D eigenvalue weighted by molar-refractivity contribution is 9.09. The molecule has 0 amide bonds. The summed E-state index contributed by atoms with van der Waals surface area (Å²) < 4.78 is 10.2. The van der Waals surface area contributed by atoms with E-state index in [4.69, 9.17) is 9.47 Å². The molecule has 0 aliphatic rings. The van der Waals surface area contributed by atoms with E-state index in [1.54, 1.807) is 7.11 Å². The van der Waals surface area contributed by atoms with Crippen molar-refractivity contribution in [2.24, 2.45) is 5.92 Å². The highest BCUT2D eigenvalue weighted by Gasteiger charge is 1.99. The van der Waals surface area contributed by atoms with E-state index in [1.807, 2.05) is 0 Å². The summed E-state index contributed by atoms with van der Waals surface area (Å²) in [5.41, 5.74) is 0. The number of hydrogen-bond acceptors (Lipinski definition) is 2. The third kappa shape index (κ3) is 8.50. The van der Waals surface area contributed by atoms with Crippen LogP contribution in [-0.2, 0) is 9.47 Å². The van der Waals surface area contributed by atoms with Crippen molar-refractivity contribution in [1.29, 1.82) is 0 Å². The van der Waals surface area contributed by atoms with E-state index in [2.05, 4.69) is 22.9 Å². The zero-order valence-corrected chi connectivity index (χ0v) is 9.60. The molecule has 0 spiro atoms. The van der Waals surface area contributed by atoms with Crippen LogP contribution in [0.3, 0.4) is 0 Å². The van der Waals surface area contributed by atoms with Gasteiger partial charge < -0.3 is 9.47 Å². The molecule has 74 valence electrons. The van der Waals surface area contributed by atoms with Crippen molar-refractivity contribution in [2.45, 2.75) is 19.8 Å². The highest BCUT2D eigenvalue weighted by Crippen LogP contribution is 2.08. The van der Waals surface area contributed by atoms with Gasteiger partial charge in [-0.05, 0) is 18.8 Å². The van der Waals surface area contributed by atoms with E-state index in [-0.39, 0.29) is 0 Å². The Morgan fingerprint density at radius 1 is 1.17 bits per heavy atom. The van der Waals surface area contributed by atoms with Crippen LogP contribution in [0, 0.1) is 5.92 Å². The lowest BCUT2D eigenvalue weighted by molar-refractivity contribution is 0.0644. The Bertz CT molecular complexity index is 88.6. The summed E-state index contributed by atoms with van der Waals surface area (Å²) in [5, 5.41) is 1.09. The lowest BCUT2D eigenvalue weighted by atomic mass is 10.1. The summed E-state index contributed by atoms with van der Waals surface area (Å²) >= 11 is 3.42. The van der Waals surface area contributed by atoms with Crippen LogP contribution < -0.4 is 0 Å². The van der Waals surface area contributed by atoms with Crippen LogP contribution in [0.5, 0.6) is 0 Å². The zero-order valence-electron chi connectivity index (χ0n) is 8.01. The molecule has 1 atom stereocenters. The second-order valence-corrected chi connectivity index (χ2v) is 3.77. The van der Waals surface area contributed by atoms with Crippen molar-refractivity contribution < 1.29 is 9.47 Å². The summed E-state index contributed by atoms with van der Waals surface area (Å²) in [6.07, 6.45) is 2.38. The first-order valence-electron chi connectivity index (χ1n) is 4.44. The van der Waals surface area contributed by atoms with Gasteiger partial charge in [-0.1, -0.05) is 22.9 Å². The molecular weight excluding hydrogens is 220 g/mol. The molecule has 0 aromatic rings. The van der Waals surface area contributed by atoms with Gasteiger partial charge in [0.2, 0.25) is 0 Å². The molecular formula is C9H19BrO2. The number of methoxy groups -OCH3 is 1. The van der Waals surface area contributed by atoms with Crippen LogP contribution in [0.15, 0.2) is 0 Å². The molecule has 0 aliphatic heterocycles. The fourth-order valence-corrected chi connectivity index (χ4v) is 1.64. The Labute approximate surface area is 83.8 Å². The predicted molar refractivity (Wildman–Crippen MR) is 54.9 cm³/mol. The molecule has 0 aromatic heterocycles. The Hall–Kier alpha value is 0.400. The maximum absolute atomic E-state index is 5.35. The lowest BCUT2D eigenvalue weighted by Gasteiger charge is -2.09. The van der Waals surface area contributed by atoms with Crippen molar-refractivity contribution in [3.05, 3.63) is 0 Å². The zero-order chi connectivity index (χ0) is 9.23. The number of hydrogen-bond donors (Lipinski definition) is 0. The molecule has 0 aromatic carbocycles. The Kier molecular flexibility index (Phi) is 9.80. The maximum atomic E-state index is 5.35. The number of halogens is 1. The van der Waals surface area contributed by atoms with Crippen LogP contribution in [0.1, 0.15) is 19.8 Å². The molecule has 0 N–H and O–H groups in total. The molecule has 0 aliphatic carbocycles. The van der Waals surface area contributed by atoms with Crippen molar-refractivity contribution in [1.82, 2.24) is 0 Å². The quantitative estimate of drug-likeness (QED) is 0.478. The standard InChI is InChI=1S/C9H19BrO2/c1-9(3-5-10)4-6-12-8-7-11-2/h9H,3-8H2,1-2H3. The van der Waals surface area contributed by atoms with Gasteiger partial charge in [0.1, 0.15) is 0 Å². The van der Waals surface area contributed by atoms with Crippen molar-refractivity contribution >= 4 is 15.9 Å². The van der Waals surface area contributed by atoms with Crippen LogP contribution in [0.25, 0.3) is 0 Å². The number of rotatable bonds is 8. The summed E-state index contributed by atoms with van der Waals surface area (Å²) in [6, 6.07) is 0. The van der Waals surface area contributed by atoms with Crippen LogP contribution in [-0.4, -0.2) is 32.3 Å². The van der Waals surface area contributed by atoms with E-state index in [9.17, 15) is 0 Å². The minimum Gasteiger partial charge on any atom is -0.382 e. The lowest BCUT2D eigenvalue weighted by Crippen LogP contribution is -2.06. The molecule has 0 bridgehead atoms. The van der Waals surface area contributed by atoms with Gasteiger partial charge in [0, 0.05) is 19.0 Å². The van der Waals surface area contributed by atoms with Gasteiger partial charge in [-0.25, -0.2) is 0 Å². The molecule has 0 saturated heterocycles. The van der Waals surface area contributed by atoms with E-state index in [0.29, 0.717) is 6.61 Å². The fourth-order valence-electron chi connectivity index (χ4n) is 0.859. The largest absolute Gasteiger partial charge is 0.382 e. The summed E-state index contributed by atoms with van der Waals surface area (Å²) in [4.78, 5) is 0. The smallest absolute Gasteiger partial charge is 0.0700 e.